The van der Waals surface area contributed by atoms with Gasteiger partial charge in [-0.25, -0.2) is 4.98 Å². The molecular weight excluding hydrogens is 224 g/mol. The van der Waals surface area contributed by atoms with Gasteiger partial charge in [-0.05, 0) is 30.9 Å². The molecule has 1 heterocycles. The van der Waals surface area contributed by atoms with Crippen molar-refractivity contribution in [1.82, 2.24) is 10.3 Å². The fourth-order valence-corrected chi connectivity index (χ4v) is 2.08. The molecule has 4 heteroatoms. The zero-order valence-electron chi connectivity index (χ0n) is 9.24. The lowest BCUT2D eigenvalue weighted by Crippen LogP contribution is -2.26. The zero-order valence-corrected chi connectivity index (χ0v) is 10.00. The number of carbonyl (C=O) groups excluding carboxylic acids is 1. The van der Waals surface area contributed by atoms with Gasteiger partial charge in [0.05, 0.1) is 0 Å². The summed E-state index contributed by atoms with van der Waals surface area (Å²) in [6, 6.07) is 3.63. The van der Waals surface area contributed by atoms with E-state index in [9.17, 15) is 4.79 Å². The van der Waals surface area contributed by atoms with E-state index >= 15 is 0 Å². The fraction of sp³-hybridized carbons (Fsp3) is 0.500. The van der Waals surface area contributed by atoms with E-state index in [0.717, 1.165) is 6.42 Å². The maximum absolute atomic E-state index is 11.8. The zero-order chi connectivity index (χ0) is 11.5. The molecule has 2 rings (SSSR count). The predicted molar refractivity (Wildman–Crippen MR) is 63.5 cm³/mol. The second-order valence-corrected chi connectivity index (χ2v) is 4.62. The molecular formula is C12H15ClN2O. The molecule has 1 aliphatic rings. The fourth-order valence-electron chi connectivity index (χ4n) is 1.91. The van der Waals surface area contributed by atoms with Crippen molar-refractivity contribution < 1.29 is 4.79 Å². The van der Waals surface area contributed by atoms with Gasteiger partial charge in [-0.15, -0.1) is 0 Å². The minimum atomic E-state index is -0.0482. The third kappa shape index (κ3) is 2.73. The average molecular weight is 239 g/mol. The van der Waals surface area contributed by atoms with Crippen LogP contribution in [-0.2, 0) is 0 Å². The largest absolute Gasteiger partial charge is 0.349 e. The van der Waals surface area contributed by atoms with E-state index in [1.165, 1.54) is 12.8 Å². The molecule has 2 atom stereocenters. The predicted octanol–water partition coefficient (Wildman–Crippen LogP) is 2.65. The Hall–Kier alpha value is -1.09. The standard InChI is InChI=1S/C12H15ClN2O/c1-2-3-8-6-10(8)15-12(16)9-4-5-14-11(13)7-9/h4-5,7-8,10H,2-3,6H2,1H3,(H,15,16). The summed E-state index contributed by atoms with van der Waals surface area (Å²) < 4.78 is 0. The smallest absolute Gasteiger partial charge is 0.251 e. The van der Waals surface area contributed by atoms with Gasteiger partial charge in [-0.2, -0.15) is 0 Å². The van der Waals surface area contributed by atoms with E-state index in [4.69, 9.17) is 11.6 Å². The normalized spacial score (nSPS) is 22.9. The lowest BCUT2D eigenvalue weighted by Gasteiger charge is -2.04. The molecule has 0 radical (unpaired) electrons. The van der Waals surface area contributed by atoms with Crippen LogP contribution in [0.25, 0.3) is 0 Å². The quantitative estimate of drug-likeness (QED) is 0.820. The lowest BCUT2D eigenvalue weighted by atomic mass is 10.2. The Morgan fingerprint density at radius 3 is 3.19 bits per heavy atom. The minimum Gasteiger partial charge on any atom is -0.349 e. The summed E-state index contributed by atoms with van der Waals surface area (Å²) >= 11 is 5.73. The molecule has 16 heavy (non-hydrogen) atoms. The van der Waals surface area contributed by atoms with Crippen LogP contribution in [0, 0.1) is 5.92 Å². The molecule has 0 spiro atoms. The third-order valence-electron chi connectivity index (χ3n) is 2.89. The number of aromatic nitrogens is 1. The topological polar surface area (TPSA) is 42.0 Å². The van der Waals surface area contributed by atoms with Crippen molar-refractivity contribution >= 4 is 17.5 Å². The summed E-state index contributed by atoms with van der Waals surface area (Å²) in [6.45, 7) is 2.17. The van der Waals surface area contributed by atoms with Crippen molar-refractivity contribution in [2.24, 2.45) is 5.92 Å². The Balaban J connectivity index is 1.90. The first-order valence-electron chi connectivity index (χ1n) is 5.63. The van der Waals surface area contributed by atoms with Crippen molar-refractivity contribution in [3.05, 3.63) is 29.0 Å². The van der Waals surface area contributed by atoms with E-state index in [2.05, 4.69) is 17.2 Å². The number of nitrogens with zero attached hydrogens (tertiary/aromatic N) is 1. The Morgan fingerprint density at radius 2 is 2.50 bits per heavy atom. The highest BCUT2D eigenvalue weighted by molar-refractivity contribution is 6.29. The lowest BCUT2D eigenvalue weighted by molar-refractivity contribution is 0.0948. The van der Waals surface area contributed by atoms with Gasteiger partial charge < -0.3 is 5.32 Å². The summed E-state index contributed by atoms with van der Waals surface area (Å²) in [5, 5.41) is 3.36. The first kappa shape index (κ1) is 11.4. The summed E-state index contributed by atoms with van der Waals surface area (Å²) in [5.41, 5.74) is 0.585. The molecule has 2 unspecified atom stereocenters. The Kier molecular flexibility index (Phi) is 3.44. The highest BCUT2D eigenvalue weighted by Gasteiger charge is 2.37. The number of carbonyl (C=O) groups is 1. The van der Waals surface area contributed by atoms with Gasteiger partial charge in [0.1, 0.15) is 5.15 Å². The van der Waals surface area contributed by atoms with Crippen molar-refractivity contribution in [3.8, 4) is 0 Å². The number of nitrogens with one attached hydrogen (secondary N) is 1. The molecule has 0 bridgehead atoms. The Bertz CT molecular complexity index is 394. The molecule has 1 N–H and O–H groups in total. The molecule has 0 aliphatic heterocycles. The van der Waals surface area contributed by atoms with Gasteiger partial charge in [0, 0.05) is 17.8 Å². The second-order valence-electron chi connectivity index (χ2n) is 4.23. The van der Waals surface area contributed by atoms with Crippen molar-refractivity contribution in [2.45, 2.75) is 32.2 Å². The van der Waals surface area contributed by atoms with Crippen molar-refractivity contribution in [1.29, 1.82) is 0 Å². The van der Waals surface area contributed by atoms with Crippen molar-refractivity contribution in [3.63, 3.8) is 0 Å². The van der Waals surface area contributed by atoms with Crippen LogP contribution in [0.2, 0.25) is 5.15 Å². The Morgan fingerprint density at radius 1 is 1.69 bits per heavy atom. The van der Waals surface area contributed by atoms with Crippen LogP contribution in [0.1, 0.15) is 36.5 Å². The van der Waals surface area contributed by atoms with E-state index in [0.29, 0.717) is 22.7 Å². The first-order valence-corrected chi connectivity index (χ1v) is 6.01. The second kappa shape index (κ2) is 4.83. The molecule has 0 saturated heterocycles. The van der Waals surface area contributed by atoms with Crippen LogP contribution < -0.4 is 5.32 Å². The number of rotatable bonds is 4. The average Bonchev–Trinajstić information content (AvgIpc) is 2.97. The maximum Gasteiger partial charge on any atom is 0.251 e. The number of halogens is 1. The first-order chi connectivity index (χ1) is 7.70. The van der Waals surface area contributed by atoms with Crippen LogP contribution in [0.5, 0.6) is 0 Å². The highest BCUT2D eigenvalue weighted by Crippen LogP contribution is 2.34. The van der Waals surface area contributed by atoms with Gasteiger partial charge in [-0.1, -0.05) is 24.9 Å². The summed E-state index contributed by atoms with van der Waals surface area (Å²) in [4.78, 5) is 15.6. The molecule has 86 valence electrons. The third-order valence-corrected chi connectivity index (χ3v) is 3.09. The van der Waals surface area contributed by atoms with Gasteiger partial charge >= 0.3 is 0 Å². The van der Waals surface area contributed by atoms with E-state index in [1.54, 1.807) is 18.3 Å². The number of pyridine rings is 1. The molecule has 3 nitrogen and oxygen atoms in total. The highest BCUT2D eigenvalue weighted by atomic mass is 35.5. The van der Waals surface area contributed by atoms with Crippen LogP contribution >= 0.6 is 11.6 Å². The summed E-state index contributed by atoms with van der Waals surface area (Å²) in [6.07, 6.45) is 5.03. The van der Waals surface area contributed by atoms with Crippen LogP contribution in [0.15, 0.2) is 18.3 Å². The van der Waals surface area contributed by atoms with Gasteiger partial charge in [0.25, 0.3) is 5.91 Å². The van der Waals surface area contributed by atoms with Crippen LogP contribution in [0.3, 0.4) is 0 Å². The van der Waals surface area contributed by atoms with E-state index < -0.39 is 0 Å². The number of amides is 1. The molecule has 1 saturated carbocycles. The molecule has 1 fully saturated rings. The molecule has 1 aromatic heterocycles. The number of hydrogen-bond acceptors (Lipinski definition) is 2. The van der Waals surface area contributed by atoms with E-state index in [-0.39, 0.29) is 5.91 Å². The molecule has 0 aromatic carbocycles. The van der Waals surface area contributed by atoms with E-state index in [1.807, 2.05) is 0 Å². The summed E-state index contributed by atoms with van der Waals surface area (Å²) in [7, 11) is 0. The molecule has 1 aromatic rings. The van der Waals surface area contributed by atoms with Crippen LogP contribution in [-0.4, -0.2) is 16.9 Å². The summed E-state index contributed by atoms with van der Waals surface area (Å²) in [5.74, 6) is 0.624. The van der Waals surface area contributed by atoms with Gasteiger partial charge in [-0.3, -0.25) is 4.79 Å². The monoisotopic (exact) mass is 238 g/mol. The van der Waals surface area contributed by atoms with Gasteiger partial charge in [0.2, 0.25) is 0 Å². The van der Waals surface area contributed by atoms with Crippen molar-refractivity contribution in [2.75, 3.05) is 0 Å². The number of hydrogen-bond donors (Lipinski definition) is 1. The molecule has 1 aliphatic carbocycles. The molecule has 1 amide bonds. The van der Waals surface area contributed by atoms with Crippen LogP contribution in [0.4, 0.5) is 0 Å². The maximum atomic E-state index is 11.8. The Labute approximate surface area is 100 Å². The minimum absolute atomic E-state index is 0.0482. The van der Waals surface area contributed by atoms with Gasteiger partial charge in [0.15, 0.2) is 0 Å². The SMILES string of the molecule is CCCC1CC1NC(=O)c1ccnc(Cl)c1.